The van der Waals surface area contributed by atoms with E-state index < -0.39 is 0 Å². The first kappa shape index (κ1) is 12.7. The highest BCUT2D eigenvalue weighted by Gasteiger charge is 2.24. The molecule has 0 spiro atoms. The van der Waals surface area contributed by atoms with E-state index in [1.165, 1.54) is 4.88 Å². The lowest BCUT2D eigenvalue weighted by Gasteiger charge is -2.17. The van der Waals surface area contributed by atoms with Crippen LogP contribution < -0.4 is 5.32 Å². The monoisotopic (exact) mass is 315 g/mol. The van der Waals surface area contributed by atoms with Gasteiger partial charge in [-0.25, -0.2) is 9.67 Å². The molecule has 0 radical (unpaired) electrons. The summed E-state index contributed by atoms with van der Waals surface area (Å²) >= 11 is 5.10. The van der Waals surface area contributed by atoms with Crippen molar-refractivity contribution >= 4 is 27.3 Å². The quantitative estimate of drug-likeness (QED) is 0.938. The van der Waals surface area contributed by atoms with Gasteiger partial charge in [-0.3, -0.25) is 0 Å². The average Bonchev–Trinajstić information content (AvgIpc) is 2.84. The van der Waals surface area contributed by atoms with Crippen LogP contribution in [0.2, 0.25) is 0 Å². The van der Waals surface area contributed by atoms with Gasteiger partial charge < -0.3 is 5.32 Å². The Morgan fingerprint density at radius 3 is 2.82 bits per heavy atom. The van der Waals surface area contributed by atoms with E-state index in [1.54, 1.807) is 16.0 Å². The summed E-state index contributed by atoms with van der Waals surface area (Å²) < 4.78 is 2.56. The highest BCUT2D eigenvalue weighted by molar-refractivity contribution is 9.10. The van der Waals surface area contributed by atoms with Gasteiger partial charge in [-0.05, 0) is 29.4 Å². The molecule has 0 saturated carbocycles. The summed E-state index contributed by atoms with van der Waals surface area (Å²) in [7, 11) is 1.90. The topological polar surface area (TPSA) is 55.6 Å². The highest BCUT2D eigenvalue weighted by atomic mass is 79.9. The lowest BCUT2D eigenvalue weighted by atomic mass is 10.1. The maximum absolute atomic E-state index is 4.30. The molecule has 2 aromatic heterocycles. The van der Waals surface area contributed by atoms with Crippen LogP contribution in [0.1, 0.15) is 29.2 Å². The number of hydrogen-bond acceptors (Lipinski definition) is 5. The van der Waals surface area contributed by atoms with Crippen LogP contribution in [0.15, 0.2) is 10.1 Å². The predicted octanol–water partition coefficient (Wildman–Crippen LogP) is 2.04. The van der Waals surface area contributed by atoms with Crippen molar-refractivity contribution in [1.82, 2.24) is 25.3 Å². The third-order valence-electron chi connectivity index (χ3n) is 2.55. The van der Waals surface area contributed by atoms with Crippen molar-refractivity contribution in [3.05, 3.63) is 26.4 Å². The van der Waals surface area contributed by atoms with Gasteiger partial charge in [0.15, 0.2) is 4.60 Å². The highest BCUT2D eigenvalue weighted by Crippen LogP contribution is 2.30. The molecule has 7 heteroatoms. The Kier molecular flexibility index (Phi) is 3.90. The van der Waals surface area contributed by atoms with Crippen LogP contribution in [-0.2, 0) is 7.05 Å². The fraction of sp³-hybridized carbons (Fsp3) is 0.500. The maximum atomic E-state index is 4.30. The van der Waals surface area contributed by atoms with Gasteiger partial charge in [0, 0.05) is 7.05 Å². The van der Waals surface area contributed by atoms with Gasteiger partial charge in [-0.1, -0.05) is 12.1 Å². The van der Waals surface area contributed by atoms with E-state index in [1.807, 2.05) is 19.5 Å². The third-order valence-corrected chi connectivity index (χ3v) is 4.11. The van der Waals surface area contributed by atoms with Gasteiger partial charge in [0.2, 0.25) is 0 Å². The molecule has 2 aromatic rings. The summed E-state index contributed by atoms with van der Waals surface area (Å²) in [4.78, 5) is 5.51. The normalized spacial score (nSPS) is 12.9. The molecule has 0 aliphatic heterocycles. The van der Waals surface area contributed by atoms with Gasteiger partial charge in [-0.15, -0.1) is 16.4 Å². The largest absolute Gasteiger partial charge is 0.304 e. The molecule has 2 rings (SSSR count). The molecule has 1 unspecified atom stereocenters. The number of thiazole rings is 1. The SMILES string of the molecule is CCNC(c1scnc1C)c1c(Br)nnn1C. The van der Waals surface area contributed by atoms with Crippen LogP contribution in [0.25, 0.3) is 0 Å². The second kappa shape index (κ2) is 5.24. The molecule has 0 amide bonds. The molecule has 0 aromatic carbocycles. The number of nitrogens with one attached hydrogen (secondary N) is 1. The van der Waals surface area contributed by atoms with E-state index in [0.29, 0.717) is 0 Å². The number of aryl methyl sites for hydroxylation is 2. The van der Waals surface area contributed by atoms with Crippen LogP contribution in [0.3, 0.4) is 0 Å². The van der Waals surface area contributed by atoms with E-state index in [9.17, 15) is 0 Å². The second-order valence-corrected chi connectivity index (χ2v) is 5.32. The van der Waals surface area contributed by atoms with Crippen LogP contribution in [0, 0.1) is 6.92 Å². The average molecular weight is 316 g/mol. The lowest BCUT2D eigenvalue weighted by molar-refractivity contribution is 0.571. The molecule has 0 aliphatic rings. The van der Waals surface area contributed by atoms with Crippen LogP contribution in [0.4, 0.5) is 0 Å². The molecule has 92 valence electrons. The van der Waals surface area contributed by atoms with Crippen molar-refractivity contribution in [2.24, 2.45) is 7.05 Å². The molecule has 0 bridgehead atoms. The summed E-state index contributed by atoms with van der Waals surface area (Å²) in [6.45, 7) is 4.98. The molecule has 2 heterocycles. The molecule has 1 atom stereocenters. The van der Waals surface area contributed by atoms with Gasteiger partial charge in [0.05, 0.1) is 27.8 Å². The van der Waals surface area contributed by atoms with Crippen molar-refractivity contribution < 1.29 is 0 Å². The molecule has 0 saturated heterocycles. The minimum Gasteiger partial charge on any atom is -0.304 e. The minimum absolute atomic E-state index is 0.0851. The fourth-order valence-electron chi connectivity index (χ4n) is 1.75. The van der Waals surface area contributed by atoms with Crippen molar-refractivity contribution in [1.29, 1.82) is 0 Å². The summed E-state index contributed by atoms with van der Waals surface area (Å²) in [6.07, 6.45) is 0. The van der Waals surface area contributed by atoms with E-state index in [4.69, 9.17) is 0 Å². The lowest BCUT2D eigenvalue weighted by Crippen LogP contribution is -2.24. The Morgan fingerprint density at radius 2 is 2.35 bits per heavy atom. The van der Waals surface area contributed by atoms with Crippen LogP contribution in [0.5, 0.6) is 0 Å². The standard InChI is InChI=1S/C10H14BrN5S/c1-4-12-7(9-6(2)13-5-17-9)8-10(11)14-15-16(8)3/h5,7,12H,4H2,1-3H3. The first-order valence-electron chi connectivity index (χ1n) is 5.33. The third kappa shape index (κ3) is 2.41. The van der Waals surface area contributed by atoms with E-state index in [2.05, 4.69) is 43.5 Å². The molecular weight excluding hydrogens is 302 g/mol. The number of rotatable bonds is 4. The van der Waals surface area contributed by atoms with Crippen molar-refractivity contribution in [3.8, 4) is 0 Å². The summed E-state index contributed by atoms with van der Waals surface area (Å²) in [5, 5.41) is 11.5. The Balaban J connectivity index is 2.46. The molecule has 17 heavy (non-hydrogen) atoms. The van der Waals surface area contributed by atoms with Crippen LogP contribution in [-0.4, -0.2) is 26.5 Å². The first-order valence-corrected chi connectivity index (χ1v) is 7.00. The minimum atomic E-state index is 0.0851. The van der Waals surface area contributed by atoms with Gasteiger partial charge in [0.25, 0.3) is 0 Å². The molecule has 0 aliphatic carbocycles. The Bertz CT molecular complexity index is 487. The van der Waals surface area contributed by atoms with E-state index in [-0.39, 0.29) is 6.04 Å². The molecule has 0 fully saturated rings. The zero-order chi connectivity index (χ0) is 12.4. The van der Waals surface area contributed by atoms with E-state index >= 15 is 0 Å². The van der Waals surface area contributed by atoms with Gasteiger partial charge >= 0.3 is 0 Å². The zero-order valence-corrected chi connectivity index (χ0v) is 12.3. The predicted molar refractivity (Wildman–Crippen MR) is 71.1 cm³/mol. The molecule has 5 nitrogen and oxygen atoms in total. The fourth-order valence-corrected chi connectivity index (χ4v) is 3.19. The number of aromatic nitrogens is 4. The smallest absolute Gasteiger partial charge is 0.153 e. The Labute approximate surface area is 112 Å². The van der Waals surface area contributed by atoms with Gasteiger partial charge in [-0.2, -0.15) is 0 Å². The number of nitrogens with zero attached hydrogens (tertiary/aromatic N) is 4. The summed E-state index contributed by atoms with van der Waals surface area (Å²) in [5.41, 5.74) is 3.94. The van der Waals surface area contributed by atoms with Gasteiger partial charge in [0.1, 0.15) is 0 Å². The van der Waals surface area contributed by atoms with Crippen molar-refractivity contribution in [3.63, 3.8) is 0 Å². The molecule has 1 N–H and O–H groups in total. The van der Waals surface area contributed by atoms with Crippen LogP contribution >= 0.6 is 27.3 Å². The first-order chi connectivity index (χ1) is 8.15. The zero-order valence-electron chi connectivity index (χ0n) is 9.94. The second-order valence-electron chi connectivity index (χ2n) is 3.68. The van der Waals surface area contributed by atoms with Crippen molar-refractivity contribution in [2.75, 3.05) is 6.54 Å². The van der Waals surface area contributed by atoms with Crippen molar-refractivity contribution in [2.45, 2.75) is 19.9 Å². The number of hydrogen-bond donors (Lipinski definition) is 1. The summed E-state index contributed by atoms with van der Waals surface area (Å²) in [5.74, 6) is 0. The molecular formula is C10H14BrN5S. The summed E-state index contributed by atoms with van der Waals surface area (Å²) in [6, 6.07) is 0.0851. The Hall–Kier alpha value is -0.790. The maximum Gasteiger partial charge on any atom is 0.153 e. The number of halogens is 1. The Morgan fingerprint density at radius 1 is 1.59 bits per heavy atom. The van der Waals surface area contributed by atoms with E-state index in [0.717, 1.165) is 22.5 Å².